The van der Waals surface area contributed by atoms with E-state index in [-0.39, 0.29) is 25.7 Å². The Hall–Kier alpha value is -4.02. The van der Waals surface area contributed by atoms with Gasteiger partial charge in [0.15, 0.2) is 12.2 Å². The second kappa shape index (κ2) is 71.4. The zero-order valence-electron chi connectivity index (χ0n) is 61.7. The van der Waals surface area contributed by atoms with Crippen LogP contribution in [0.5, 0.6) is 0 Å². The summed E-state index contributed by atoms with van der Waals surface area (Å²) in [5, 5.41) is 10.6. The van der Waals surface area contributed by atoms with E-state index in [2.05, 4.69) is 125 Å². The molecule has 19 heteroatoms. The molecule has 0 aromatic heterocycles. The number of hydrogen-bond acceptors (Lipinski definition) is 15. The minimum Gasteiger partial charge on any atom is -0.462 e. The Morgan fingerprint density at radius 3 is 0.908 bits per heavy atom. The summed E-state index contributed by atoms with van der Waals surface area (Å²) in [4.78, 5) is 72.8. The topological polar surface area (TPSA) is 237 Å². The van der Waals surface area contributed by atoms with E-state index >= 15 is 0 Å². The van der Waals surface area contributed by atoms with Crippen LogP contribution in [0, 0.1) is 0 Å². The van der Waals surface area contributed by atoms with Crippen molar-refractivity contribution in [2.24, 2.45) is 0 Å². The van der Waals surface area contributed by atoms with Gasteiger partial charge in [-0.05, 0) is 116 Å². The highest BCUT2D eigenvalue weighted by Gasteiger charge is 2.30. The monoisotopic (exact) mass is 1420 g/mol. The third-order valence-corrected chi connectivity index (χ3v) is 17.9. The van der Waals surface area contributed by atoms with Gasteiger partial charge in [0.05, 0.1) is 26.4 Å². The van der Waals surface area contributed by atoms with Crippen molar-refractivity contribution in [2.45, 2.75) is 341 Å². The van der Waals surface area contributed by atoms with Crippen molar-refractivity contribution in [1.82, 2.24) is 0 Å². The van der Waals surface area contributed by atoms with E-state index in [1.165, 1.54) is 83.5 Å². The van der Waals surface area contributed by atoms with Gasteiger partial charge in [-0.1, -0.05) is 279 Å². The average molecular weight is 1420 g/mol. The molecule has 0 aliphatic rings. The van der Waals surface area contributed by atoms with E-state index in [1.54, 1.807) is 0 Å². The summed E-state index contributed by atoms with van der Waals surface area (Å²) in [5.74, 6) is -2.22. The molecular formula is C79H138O17P2. The van der Waals surface area contributed by atoms with Crippen LogP contribution in [-0.2, 0) is 65.4 Å². The maximum Gasteiger partial charge on any atom is 0.472 e. The second-order valence-electron chi connectivity index (χ2n) is 25.6. The van der Waals surface area contributed by atoms with Gasteiger partial charge in [0.1, 0.15) is 19.3 Å². The Balaban J connectivity index is 5.32. The van der Waals surface area contributed by atoms with Crippen LogP contribution < -0.4 is 0 Å². The molecule has 0 aromatic carbocycles. The molecule has 0 saturated carbocycles. The molecule has 0 aromatic rings. The number of carbonyl (C=O) groups is 4. The van der Waals surface area contributed by atoms with Gasteiger partial charge in [-0.3, -0.25) is 37.3 Å². The lowest BCUT2D eigenvalue weighted by Gasteiger charge is -2.21. The van der Waals surface area contributed by atoms with E-state index in [1.807, 2.05) is 0 Å². The minimum absolute atomic E-state index is 0.0764. The lowest BCUT2D eigenvalue weighted by atomic mass is 10.0. The number of aliphatic hydroxyl groups excluding tert-OH is 1. The van der Waals surface area contributed by atoms with E-state index in [0.717, 1.165) is 161 Å². The first kappa shape index (κ1) is 94.0. The molecule has 0 radical (unpaired) electrons. The van der Waals surface area contributed by atoms with Gasteiger partial charge in [-0.25, -0.2) is 9.13 Å². The number of hydrogen-bond donors (Lipinski definition) is 3. The Morgan fingerprint density at radius 1 is 0.296 bits per heavy atom. The van der Waals surface area contributed by atoms with Gasteiger partial charge < -0.3 is 33.8 Å². The maximum atomic E-state index is 13.1. The van der Waals surface area contributed by atoms with Gasteiger partial charge in [0.25, 0.3) is 0 Å². The first-order chi connectivity index (χ1) is 47.7. The van der Waals surface area contributed by atoms with Crippen LogP contribution in [0.2, 0.25) is 0 Å². The van der Waals surface area contributed by atoms with Crippen molar-refractivity contribution in [3.05, 3.63) is 97.2 Å². The Bertz CT molecular complexity index is 2240. The normalized spacial score (nSPS) is 14.5. The fraction of sp³-hybridized carbons (Fsp3) is 0.747. The lowest BCUT2D eigenvalue weighted by molar-refractivity contribution is -0.161. The molecule has 0 fully saturated rings. The van der Waals surface area contributed by atoms with Crippen LogP contribution in [0.25, 0.3) is 0 Å². The predicted octanol–water partition coefficient (Wildman–Crippen LogP) is 22.0. The molecule has 0 spiro atoms. The third kappa shape index (κ3) is 70.4. The van der Waals surface area contributed by atoms with Crippen molar-refractivity contribution in [1.29, 1.82) is 0 Å². The van der Waals surface area contributed by atoms with Crippen molar-refractivity contribution in [3.63, 3.8) is 0 Å². The maximum absolute atomic E-state index is 13.1. The van der Waals surface area contributed by atoms with Crippen LogP contribution >= 0.6 is 15.6 Å². The minimum atomic E-state index is -4.98. The number of aliphatic hydroxyl groups is 1. The summed E-state index contributed by atoms with van der Waals surface area (Å²) in [7, 11) is -9.95. The second-order valence-corrected chi connectivity index (χ2v) is 28.5. The SMILES string of the molecule is CC/C=C\C/C=C\C/C=C\C/C=C\C/C=C\CCCCCC(=O)OCC(COP(=O)(O)OCC(O)COP(=O)(O)OCC(COC(=O)CCCCCCCCCCCCCCCCC)OC(=O)CCCCCCC/C=C\C/C=C\CCC)OC(=O)CCCCCCC/C=C\CCCC. The van der Waals surface area contributed by atoms with Crippen LogP contribution in [0.1, 0.15) is 323 Å². The molecule has 0 aliphatic carbocycles. The van der Waals surface area contributed by atoms with Gasteiger partial charge in [-0.2, -0.15) is 0 Å². The number of esters is 4. The summed E-state index contributed by atoms with van der Waals surface area (Å²) in [6, 6.07) is 0. The fourth-order valence-corrected chi connectivity index (χ4v) is 11.7. The number of phosphoric acid groups is 2. The molecule has 98 heavy (non-hydrogen) atoms. The summed E-state index contributed by atoms with van der Waals surface area (Å²) >= 11 is 0. The average Bonchev–Trinajstić information content (AvgIpc) is 1.00. The molecular weight excluding hydrogens is 1280 g/mol. The first-order valence-corrected chi connectivity index (χ1v) is 41.5. The highest BCUT2D eigenvalue weighted by atomic mass is 31.2. The number of carbonyl (C=O) groups excluding carboxylic acids is 4. The molecule has 0 aliphatic heterocycles. The molecule has 17 nitrogen and oxygen atoms in total. The van der Waals surface area contributed by atoms with Crippen LogP contribution in [0.3, 0.4) is 0 Å². The zero-order valence-corrected chi connectivity index (χ0v) is 63.5. The molecule has 566 valence electrons. The first-order valence-electron chi connectivity index (χ1n) is 38.5. The van der Waals surface area contributed by atoms with Gasteiger partial charge in [0.2, 0.25) is 0 Å². The number of phosphoric ester groups is 2. The molecule has 5 unspecified atom stereocenters. The number of unbranched alkanes of at least 4 members (excludes halogenated alkanes) is 30. The van der Waals surface area contributed by atoms with Gasteiger partial charge in [-0.15, -0.1) is 0 Å². The third-order valence-electron chi connectivity index (χ3n) is 16.0. The molecule has 0 heterocycles. The van der Waals surface area contributed by atoms with Crippen LogP contribution in [-0.4, -0.2) is 96.7 Å². The van der Waals surface area contributed by atoms with Crippen LogP contribution in [0.4, 0.5) is 0 Å². The highest BCUT2D eigenvalue weighted by molar-refractivity contribution is 7.47. The Morgan fingerprint density at radius 2 is 0.561 bits per heavy atom. The van der Waals surface area contributed by atoms with Crippen molar-refractivity contribution in [3.8, 4) is 0 Å². The fourth-order valence-electron chi connectivity index (χ4n) is 10.1. The number of ether oxygens (including phenoxy) is 4. The van der Waals surface area contributed by atoms with E-state index in [0.29, 0.717) is 25.7 Å². The summed E-state index contributed by atoms with van der Waals surface area (Å²) in [5.41, 5.74) is 0. The largest absolute Gasteiger partial charge is 0.472 e. The quantitative estimate of drug-likeness (QED) is 0.0169. The number of allylic oxidation sites excluding steroid dienone is 16. The molecule has 3 N–H and O–H groups in total. The molecule has 5 atom stereocenters. The van der Waals surface area contributed by atoms with Crippen molar-refractivity contribution in [2.75, 3.05) is 39.6 Å². The predicted molar refractivity (Wildman–Crippen MR) is 399 cm³/mol. The summed E-state index contributed by atoms with van der Waals surface area (Å²) in [6.45, 7) is 4.62. The van der Waals surface area contributed by atoms with E-state index in [9.17, 15) is 43.2 Å². The van der Waals surface area contributed by atoms with E-state index in [4.69, 9.17) is 37.0 Å². The molecule has 0 amide bonds. The number of rotatable bonds is 72. The highest BCUT2D eigenvalue weighted by Crippen LogP contribution is 2.45. The molecule has 0 rings (SSSR count). The van der Waals surface area contributed by atoms with E-state index < -0.39 is 97.5 Å². The molecule has 0 saturated heterocycles. The standard InChI is InChI=1S/C79H138O17P2/c1-5-9-13-17-21-25-29-32-34-35-36-37-39-42-45-48-52-56-60-64-77(82)89-69-74(95-78(83)65-61-57-53-49-43-28-24-20-16-12-8-4)71-93-97(85,86)91-67-73(80)68-92-98(87,88)94-72-75(96-79(84)66-62-58-54-50-46-40-31-27-23-19-15-11-7-3)70-90-76(81)63-59-55-51-47-44-41-38-33-30-26-22-18-14-10-6-2/h9,13,15,19-21,24-25,27,31-32,34,36-37,42,45,73-75,80H,5-8,10-12,14,16-18,22-23,26,28-30,33,35,38-41,43-44,46-72H2,1-4H3,(H,85,86)(H,87,88)/b13-9-,19-15-,24-20-,25-21-,31-27-,34-32-,37-36-,45-42-. The van der Waals surface area contributed by atoms with Crippen LogP contribution in [0.15, 0.2) is 97.2 Å². The van der Waals surface area contributed by atoms with Gasteiger partial charge >= 0.3 is 39.5 Å². The summed E-state index contributed by atoms with van der Waals surface area (Å²) < 4.78 is 68.4. The van der Waals surface area contributed by atoms with Crippen molar-refractivity contribution >= 4 is 39.5 Å². The zero-order chi connectivity index (χ0) is 71.8. The Kier molecular flexibility index (Phi) is 68.4. The van der Waals surface area contributed by atoms with Gasteiger partial charge in [0, 0.05) is 25.7 Å². The lowest BCUT2D eigenvalue weighted by Crippen LogP contribution is -2.30. The Labute approximate surface area is 595 Å². The smallest absolute Gasteiger partial charge is 0.462 e. The van der Waals surface area contributed by atoms with Crippen molar-refractivity contribution < 1.29 is 80.2 Å². The summed E-state index contributed by atoms with van der Waals surface area (Å²) in [6.07, 6.45) is 74.0. The molecule has 0 bridgehead atoms.